The van der Waals surface area contributed by atoms with E-state index < -0.39 is 0 Å². The van der Waals surface area contributed by atoms with Gasteiger partial charge in [0, 0.05) is 16.7 Å². The molecule has 0 aliphatic heterocycles. The van der Waals surface area contributed by atoms with Crippen molar-refractivity contribution < 1.29 is 0 Å². The first kappa shape index (κ1) is 30.2. The predicted molar refractivity (Wildman–Crippen MR) is 198 cm³/mol. The molecular formula is C44H36N2. The lowest BCUT2D eigenvalue weighted by atomic mass is 9.97. The average Bonchev–Trinajstić information content (AvgIpc) is 3.12. The van der Waals surface area contributed by atoms with E-state index in [4.69, 9.17) is 9.97 Å². The van der Waals surface area contributed by atoms with Crippen LogP contribution in [-0.2, 0) is 0 Å². The molecule has 0 N–H and O–H groups in total. The van der Waals surface area contributed by atoms with Crippen LogP contribution in [0.15, 0.2) is 171 Å². The van der Waals surface area contributed by atoms with Crippen molar-refractivity contribution in [3.05, 3.63) is 182 Å². The largest absolute Gasteiger partial charge is 0.228 e. The first-order valence-corrected chi connectivity index (χ1v) is 15.5. The van der Waals surface area contributed by atoms with Crippen LogP contribution in [0.25, 0.3) is 66.9 Å². The van der Waals surface area contributed by atoms with Crippen molar-refractivity contribution in [3.8, 4) is 45.0 Å². The fraction of sp³-hybridized carbons (Fsp3) is 0.0455. The topological polar surface area (TPSA) is 25.8 Å². The summed E-state index contributed by atoms with van der Waals surface area (Å²) in [5, 5.41) is 2.47. The second-order valence-electron chi connectivity index (χ2n) is 11.0. The Morgan fingerprint density at radius 3 is 1.70 bits per heavy atom. The fourth-order valence-corrected chi connectivity index (χ4v) is 5.70. The number of aromatic nitrogens is 2. The van der Waals surface area contributed by atoms with E-state index in [0.29, 0.717) is 5.82 Å². The lowest BCUT2D eigenvalue weighted by Gasteiger charge is -2.12. The molecule has 6 rings (SSSR count). The molecule has 0 aliphatic rings. The molecule has 0 aliphatic carbocycles. The minimum Gasteiger partial charge on any atom is -0.228 e. The van der Waals surface area contributed by atoms with Crippen molar-refractivity contribution >= 4 is 21.9 Å². The highest BCUT2D eigenvalue weighted by Crippen LogP contribution is 2.32. The van der Waals surface area contributed by atoms with Crippen LogP contribution in [0.2, 0.25) is 0 Å². The normalized spacial score (nSPS) is 12.0. The molecule has 46 heavy (non-hydrogen) atoms. The molecule has 222 valence electrons. The van der Waals surface area contributed by atoms with Gasteiger partial charge in [-0.15, -0.1) is 0 Å². The summed E-state index contributed by atoms with van der Waals surface area (Å²) in [5.74, 6) is 0.685. The summed E-state index contributed by atoms with van der Waals surface area (Å²) in [6.45, 7) is 12.0. The molecule has 0 saturated carbocycles. The van der Waals surface area contributed by atoms with E-state index in [1.165, 1.54) is 16.3 Å². The molecule has 0 atom stereocenters. The minimum atomic E-state index is 0.685. The molecule has 0 unspecified atom stereocenters. The zero-order valence-electron chi connectivity index (χ0n) is 26.3. The van der Waals surface area contributed by atoms with Crippen LogP contribution in [0.1, 0.15) is 25.0 Å². The molecule has 1 aromatic heterocycles. The maximum absolute atomic E-state index is 5.09. The van der Waals surface area contributed by atoms with Gasteiger partial charge in [0.05, 0.1) is 11.4 Å². The number of hydrogen-bond acceptors (Lipinski definition) is 2. The quantitative estimate of drug-likeness (QED) is 0.156. The third-order valence-electron chi connectivity index (χ3n) is 8.22. The van der Waals surface area contributed by atoms with Crippen LogP contribution in [0.3, 0.4) is 0 Å². The van der Waals surface area contributed by atoms with Gasteiger partial charge >= 0.3 is 0 Å². The van der Waals surface area contributed by atoms with Crippen molar-refractivity contribution in [3.63, 3.8) is 0 Å². The Hall–Kier alpha value is -5.86. The molecule has 0 amide bonds. The molecule has 2 nitrogen and oxygen atoms in total. The smallest absolute Gasteiger partial charge is 0.160 e. The van der Waals surface area contributed by atoms with Crippen LogP contribution < -0.4 is 0 Å². The van der Waals surface area contributed by atoms with Crippen LogP contribution in [0.4, 0.5) is 0 Å². The summed E-state index contributed by atoms with van der Waals surface area (Å²) in [5.41, 5.74) is 11.5. The van der Waals surface area contributed by atoms with Crippen LogP contribution in [-0.4, -0.2) is 9.97 Å². The van der Waals surface area contributed by atoms with Gasteiger partial charge in [0.2, 0.25) is 0 Å². The van der Waals surface area contributed by atoms with Gasteiger partial charge in [0.25, 0.3) is 0 Å². The van der Waals surface area contributed by atoms with E-state index in [1.54, 1.807) is 0 Å². The Bertz CT molecular complexity index is 2100. The number of fused-ring (bicyclic) bond motifs is 1. The van der Waals surface area contributed by atoms with E-state index >= 15 is 0 Å². The molecule has 0 saturated heterocycles. The summed E-state index contributed by atoms with van der Waals surface area (Å²) in [7, 11) is 0. The van der Waals surface area contributed by atoms with Crippen molar-refractivity contribution in [1.82, 2.24) is 9.97 Å². The van der Waals surface area contributed by atoms with Crippen molar-refractivity contribution in [2.45, 2.75) is 13.8 Å². The number of rotatable bonds is 9. The Kier molecular flexibility index (Phi) is 9.08. The lowest BCUT2D eigenvalue weighted by molar-refractivity contribution is 1.18. The van der Waals surface area contributed by atoms with E-state index in [-0.39, 0.29) is 0 Å². The zero-order valence-corrected chi connectivity index (χ0v) is 26.3. The first-order valence-electron chi connectivity index (χ1n) is 15.5. The lowest BCUT2D eigenvalue weighted by Crippen LogP contribution is -1.96. The summed E-state index contributed by atoms with van der Waals surface area (Å²) < 4.78 is 0. The van der Waals surface area contributed by atoms with Gasteiger partial charge in [-0.3, -0.25) is 0 Å². The maximum atomic E-state index is 5.09. The van der Waals surface area contributed by atoms with Crippen molar-refractivity contribution in [2.75, 3.05) is 0 Å². The third kappa shape index (κ3) is 6.33. The standard InChI is InChI=1S/C44H36N2/c1-5-9-13-32(8-4)34-20-26-38(27-21-34)43-30-42(37-24-18-33(19-25-37)31(6-2)7-3)45-44(46-43)39-28-22-36(23-29-39)41-17-12-15-35-14-10-11-16-40(35)41/h5-30H,2,4H2,1,3H3/b9-5-,31-7+,32-13+. The summed E-state index contributed by atoms with van der Waals surface area (Å²) in [6.07, 6.45) is 11.9. The fourth-order valence-electron chi connectivity index (χ4n) is 5.70. The minimum absolute atomic E-state index is 0.685. The van der Waals surface area contributed by atoms with Gasteiger partial charge in [0.15, 0.2) is 5.82 Å². The van der Waals surface area contributed by atoms with Crippen LogP contribution in [0.5, 0.6) is 0 Å². The van der Waals surface area contributed by atoms with Gasteiger partial charge in [-0.1, -0.05) is 165 Å². The number of benzene rings is 5. The Labute approximate surface area is 272 Å². The SMILES string of the molecule is C=C/C(=C\C)c1ccc(-c2cc(-c3ccc(/C(C=C)=C/C=C\C)cc3)nc(-c3ccc(-c4cccc5ccccc45)cc3)n2)cc1. The molecule has 0 spiro atoms. The van der Waals surface area contributed by atoms with E-state index in [0.717, 1.165) is 55.9 Å². The second kappa shape index (κ2) is 13.8. The molecule has 6 aromatic rings. The molecule has 0 bridgehead atoms. The number of hydrogen-bond donors (Lipinski definition) is 0. The zero-order chi connectivity index (χ0) is 31.9. The third-order valence-corrected chi connectivity index (χ3v) is 8.22. The van der Waals surface area contributed by atoms with Gasteiger partial charge in [-0.05, 0) is 64.1 Å². The molecule has 1 heterocycles. The van der Waals surface area contributed by atoms with Crippen LogP contribution >= 0.6 is 0 Å². The average molecular weight is 593 g/mol. The van der Waals surface area contributed by atoms with Gasteiger partial charge in [0.1, 0.15) is 0 Å². The summed E-state index contributed by atoms with van der Waals surface area (Å²) in [4.78, 5) is 10.2. The van der Waals surface area contributed by atoms with E-state index in [9.17, 15) is 0 Å². The number of nitrogens with zero attached hydrogens (tertiary/aromatic N) is 2. The van der Waals surface area contributed by atoms with Gasteiger partial charge in [-0.2, -0.15) is 0 Å². The van der Waals surface area contributed by atoms with Crippen molar-refractivity contribution in [1.29, 1.82) is 0 Å². The molecule has 0 radical (unpaired) electrons. The monoisotopic (exact) mass is 592 g/mol. The Balaban J connectivity index is 1.42. The second-order valence-corrected chi connectivity index (χ2v) is 11.0. The highest BCUT2D eigenvalue weighted by atomic mass is 14.9. The Morgan fingerprint density at radius 1 is 0.565 bits per heavy atom. The highest BCUT2D eigenvalue weighted by molar-refractivity contribution is 5.96. The first-order chi connectivity index (χ1) is 22.6. The summed E-state index contributed by atoms with van der Waals surface area (Å²) in [6, 6.07) is 42.6. The van der Waals surface area contributed by atoms with Crippen molar-refractivity contribution in [2.24, 2.45) is 0 Å². The maximum Gasteiger partial charge on any atom is 0.160 e. The molecular weight excluding hydrogens is 556 g/mol. The van der Waals surface area contributed by atoms with Crippen LogP contribution in [0, 0.1) is 0 Å². The highest BCUT2D eigenvalue weighted by Gasteiger charge is 2.12. The molecule has 0 fully saturated rings. The molecule has 5 aromatic carbocycles. The molecule has 2 heteroatoms. The van der Waals surface area contributed by atoms with E-state index in [1.807, 2.05) is 38.2 Å². The summed E-state index contributed by atoms with van der Waals surface area (Å²) >= 11 is 0. The Morgan fingerprint density at radius 2 is 1.11 bits per heavy atom. The number of allylic oxidation sites excluding steroid dienone is 8. The van der Waals surface area contributed by atoms with E-state index in [2.05, 4.69) is 147 Å². The van der Waals surface area contributed by atoms with Gasteiger partial charge in [-0.25, -0.2) is 9.97 Å². The van der Waals surface area contributed by atoms with Gasteiger partial charge < -0.3 is 0 Å². The predicted octanol–water partition coefficient (Wildman–Crippen LogP) is 12.0.